The van der Waals surface area contributed by atoms with E-state index in [9.17, 15) is 9.18 Å². The van der Waals surface area contributed by atoms with Gasteiger partial charge < -0.3 is 9.88 Å². The first-order valence-electron chi connectivity index (χ1n) is 10.9. The minimum atomic E-state index is -0.505. The molecule has 1 aromatic heterocycles. The minimum absolute atomic E-state index is 0.0760. The van der Waals surface area contributed by atoms with E-state index in [1.165, 1.54) is 12.1 Å². The second-order valence-electron chi connectivity index (χ2n) is 7.89. The number of hydrogen-bond acceptors (Lipinski definition) is 2. The molecule has 0 aliphatic heterocycles. The number of nitrogens with zero attached hydrogens (tertiary/aromatic N) is 2. The molecule has 0 aliphatic carbocycles. The lowest BCUT2D eigenvalue weighted by Crippen LogP contribution is -2.25. The molecule has 0 atom stereocenters. The van der Waals surface area contributed by atoms with Crippen molar-refractivity contribution in [3.63, 3.8) is 0 Å². The Morgan fingerprint density at radius 1 is 0.970 bits per heavy atom. The summed E-state index contributed by atoms with van der Waals surface area (Å²) in [4.78, 5) is 16.9. The molecule has 4 nitrogen and oxygen atoms in total. The molecule has 4 aromatic rings. The maximum absolute atomic E-state index is 13.7. The Balaban J connectivity index is 1.35. The van der Waals surface area contributed by atoms with Crippen LogP contribution in [0.4, 0.5) is 4.39 Å². The van der Waals surface area contributed by atoms with Crippen LogP contribution in [0.1, 0.15) is 41.0 Å². The number of carbonyl (C=O) groups excluding carboxylic acids is 1. The number of benzene rings is 3. The van der Waals surface area contributed by atoms with Crippen LogP contribution in [0.5, 0.6) is 0 Å². The number of fused-ring (bicyclic) bond motifs is 1. The lowest BCUT2D eigenvalue weighted by Gasteiger charge is -2.11. The number of unbranched alkanes of at least 4 members (excludes halogenated alkanes) is 2. The lowest BCUT2D eigenvalue weighted by molar-refractivity contribution is 0.0949. The summed E-state index contributed by atoms with van der Waals surface area (Å²) in [5.74, 6) is 0.113. The fraction of sp³-hybridized carbons (Fsp3) is 0.231. The van der Waals surface area contributed by atoms with E-state index >= 15 is 0 Å². The molecule has 170 valence electrons. The van der Waals surface area contributed by atoms with Gasteiger partial charge in [0.1, 0.15) is 11.6 Å². The Hall–Kier alpha value is -2.89. The third kappa shape index (κ3) is 5.73. The zero-order valence-corrected chi connectivity index (χ0v) is 19.5. The molecule has 0 aliphatic rings. The first-order valence-corrected chi connectivity index (χ1v) is 11.7. The van der Waals surface area contributed by atoms with E-state index in [0.29, 0.717) is 23.1 Å². The van der Waals surface area contributed by atoms with Crippen molar-refractivity contribution in [2.75, 3.05) is 6.54 Å². The van der Waals surface area contributed by atoms with E-state index in [1.807, 2.05) is 30.3 Å². The molecule has 0 radical (unpaired) electrons. The summed E-state index contributed by atoms with van der Waals surface area (Å²) >= 11 is 12.5. The largest absolute Gasteiger partial charge is 0.352 e. The SMILES string of the molecule is O=C(NCCCCCc1nc2ccccc2n1Cc1ccc(Cl)cc1Cl)c1ccccc1F. The van der Waals surface area contributed by atoms with Crippen LogP contribution < -0.4 is 5.32 Å². The van der Waals surface area contributed by atoms with Crippen molar-refractivity contribution in [3.8, 4) is 0 Å². The summed E-state index contributed by atoms with van der Waals surface area (Å²) in [6.45, 7) is 1.12. The van der Waals surface area contributed by atoms with Crippen LogP contribution in [0.3, 0.4) is 0 Å². The van der Waals surface area contributed by atoms with Gasteiger partial charge in [-0.3, -0.25) is 4.79 Å². The highest BCUT2D eigenvalue weighted by molar-refractivity contribution is 6.35. The number of hydrogen-bond donors (Lipinski definition) is 1. The highest BCUT2D eigenvalue weighted by Gasteiger charge is 2.13. The van der Waals surface area contributed by atoms with E-state index in [1.54, 1.807) is 18.2 Å². The number of aryl methyl sites for hydroxylation is 1. The number of imidazole rings is 1. The molecule has 0 fully saturated rings. The van der Waals surface area contributed by atoms with Crippen LogP contribution in [0.25, 0.3) is 11.0 Å². The molecule has 3 aromatic carbocycles. The van der Waals surface area contributed by atoms with Crippen LogP contribution in [0.2, 0.25) is 10.0 Å². The van der Waals surface area contributed by atoms with Crippen LogP contribution in [-0.4, -0.2) is 22.0 Å². The maximum atomic E-state index is 13.7. The third-order valence-corrected chi connectivity index (χ3v) is 6.15. The van der Waals surface area contributed by atoms with Crippen molar-refractivity contribution >= 4 is 40.1 Å². The van der Waals surface area contributed by atoms with Gasteiger partial charge in [-0.25, -0.2) is 9.37 Å². The van der Waals surface area contributed by atoms with Gasteiger partial charge in [0.05, 0.1) is 23.1 Å². The molecule has 1 amide bonds. The molecule has 1 heterocycles. The Morgan fingerprint density at radius 2 is 1.76 bits per heavy atom. The average molecular weight is 484 g/mol. The molecular weight excluding hydrogens is 460 g/mol. The second-order valence-corrected chi connectivity index (χ2v) is 8.73. The van der Waals surface area contributed by atoms with Gasteiger partial charge in [-0.05, 0) is 54.8 Å². The maximum Gasteiger partial charge on any atom is 0.254 e. The molecule has 0 saturated heterocycles. The summed E-state index contributed by atoms with van der Waals surface area (Å²) in [6, 6.07) is 19.6. The molecule has 0 unspecified atom stereocenters. The predicted molar refractivity (Wildman–Crippen MR) is 132 cm³/mol. The minimum Gasteiger partial charge on any atom is -0.352 e. The zero-order chi connectivity index (χ0) is 23.2. The fourth-order valence-electron chi connectivity index (χ4n) is 3.84. The highest BCUT2D eigenvalue weighted by Crippen LogP contribution is 2.25. The quantitative estimate of drug-likeness (QED) is 0.270. The molecule has 4 rings (SSSR count). The van der Waals surface area contributed by atoms with Gasteiger partial charge in [0.15, 0.2) is 0 Å². The third-order valence-electron chi connectivity index (χ3n) is 5.56. The van der Waals surface area contributed by atoms with E-state index < -0.39 is 5.82 Å². The van der Waals surface area contributed by atoms with Gasteiger partial charge in [0.25, 0.3) is 5.91 Å². The number of amides is 1. The van der Waals surface area contributed by atoms with E-state index in [4.69, 9.17) is 28.2 Å². The number of halogens is 3. The van der Waals surface area contributed by atoms with Crippen LogP contribution in [-0.2, 0) is 13.0 Å². The topological polar surface area (TPSA) is 46.9 Å². The van der Waals surface area contributed by atoms with Crippen molar-refractivity contribution in [2.45, 2.75) is 32.2 Å². The standard InChI is InChI=1S/C26H24Cl2FN3O/c27-19-14-13-18(21(28)16-19)17-32-24-11-6-5-10-23(24)31-25(32)12-2-1-7-15-30-26(33)20-8-3-4-9-22(20)29/h3-6,8-11,13-14,16H,1-2,7,12,15,17H2,(H,30,33). The van der Waals surface area contributed by atoms with Gasteiger partial charge in [-0.2, -0.15) is 0 Å². The average Bonchev–Trinajstić information content (AvgIpc) is 3.15. The lowest BCUT2D eigenvalue weighted by atomic mass is 10.1. The molecule has 1 N–H and O–H groups in total. The summed E-state index contributed by atoms with van der Waals surface area (Å²) in [6.07, 6.45) is 3.46. The predicted octanol–water partition coefficient (Wildman–Crippen LogP) is 6.67. The molecule has 7 heteroatoms. The van der Waals surface area contributed by atoms with Gasteiger partial charge >= 0.3 is 0 Å². The zero-order valence-electron chi connectivity index (χ0n) is 18.0. The van der Waals surface area contributed by atoms with Crippen molar-refractivity contribution in [1.82, 2.24) is 14.9 Å². The summed E-state index contributed by atoms with van der Waals surface area (Å²) in [5, 5.41) is 4.04. The molecule has 33 heavy (non-hydrogen) atoms. The monoisotopic (exact) mass is 483 g/mol. The Morgan fingerprint density at radius 3 is 2.58 bits per heavy atom. The summed E-state index contributed by atoms with van der Waals surface area (Å²) in [5.41, 5.74) is 3.08. The van der Waals surface area contributed by atoms with E-state index in [0.717, 1.165) is 48.1 Å². The van der Waals surface area contributed by atoms with Crippen LogP contribution in [0, 0.1) is 5.82 Å². The first kappa shape index (κ1) is 23.3. The fourth-order valence-corrected chi connectivity index (χ4v) is 4.31. The van der Waals surface area contributed by atoms with Crippen molar-refractivity contribution in [1.29, 1.82) is 0 Å². The number of carbonyl (C=O) groups is 1. The molecular formula is C26H24Cl2FN3O. The number of rotatable bonds is 9. The van der Waals surface area contributed by atoms with Crippen LogP contribution in [0.15, 0.2) is 66.7 Å². The van der Waals surface area contributed by atoms with E-state index in [-0.39, 0.29) is 11.5 Å². The smallest absolute Gasteiger partial charge is 0.254 e. The Bertz CT molecular complexity index is 1270. The van der Waals surface area contributed by atoms with Crippen molar-refractivity contribution in [3.05, 3.63) is 99.5 Å². The number of para-hydroxylation sites is 2. The summed E-state index contributed by atoms with van der Waals surface area (Å²) in [7, 11) is 0. The first-order chi connectivity index (χ1) is 16.0. The summed E-state index contributed by atoms with van der Waals surface area (Å²) < 4.78 is 15.9. The van der Waals surface area contributed by atoms with E-state index in [2.05, 4.69) is 16.0 Å². The van der Waals surface area contributed by atoms with Gasteiger partial charge in [-0.1, -0.05) is 60.0 Å². The van der Waals surface area contributed by atoms with Crippen molar-refractivity contribution in [2.24, 2.45) is 0 Å². The molecule has 0 bridgehead atoms. The second kappa shape index (κ2) is 10.8. The van der Waals surface area contributed by atoms with Gasteiger partial charge in [0, 0.05) is 23.0 Å². The van der Waals surface area contributed by atoms with Crippen LogP contribution >= 0.6 is 23.2 Å². The van der Waals surface area contributed by atoms with Gasteiger partial charge in [0.2, 0.25) is 0 Å². The Kier molecular flexibility index (Phi) is 7.63. The van der Waals surface area contributed by atoms with Gasteiger partial charge in [-0.15, -0.1) is 0 Å². The normalized spacial score (nSPS) is 11.1. The highest BCUT2D eigenvalue weighted by atomic mass is 35.5. The molecule has 0 saturated carbocycles. The molecule has 0 spiro atoms. The number of nitrogens with one attached hydrogen (secondary N) is 1. The Labute approximate surface area is 202 Å². The number of aromatic nitrogens is 2. The van der Waals surface area contributed by atoms with Crippen molar-refractivity contribution < 1.29 is 9.18 Å².